The lowest BCUT2D eigenvalue weighted by Gasteiger charge is -2.30. The summed E-state index contributed by atoms with van der Waals surface area (Å²) in [6.07, 6.45) is 6.38. The number of aromatic nitrogens is 1. The Morgan fingerprint density at radius 2 is 2.11 bits per heavy atom. The molecular weight excluding hydrogens is 254 g/mol. The van der Waals surface area contributed by atoms with Crippen molar-refractivity contribution in [2.75, 3.05) is 17.8 Å². The summed E-state index contributed by atoms with van der Waals surface area (Å²) in [4.78, 5) is 4.56. The van der Waals surface area contributed by atoms with Gasteiger partial charge in [0.2, 0.25) is 0 Å². The fraction of sp³-hybridized carbons (Fsp3) is 0.667. The average molecular weight is 279 g/mol. The standard InChI is InChI=1S/C15H25N3S/c1-3-6-13-9-11-18(12-10-13)19-17-15-8-5-7-14(4-2)16-15/h5,7-8,13H,3-4,6,9-12H2,1-2H3,(H,16,17). The molecule has 1 aliphatic rings. The highest BCUT2D eigenvalue weighted by atomic mass is 32.2. The van der Waals surface area contributed by atoms with E-state index in [1.54, 1.807) is 12.1 Å². The van der Waals surface area contributed by atoms with Crippen LogP contribution in [0.1, 0.15) is 45.2 Å². The van der Waals surface area contributed by atoms with Crippen LogP contribution in [0.4, 0.5) is 5.82 Å². The van der Waals surface area contributed by atoms with Crippen molar-refractivity contribution in [2.45, 2.75) is 46.0 Å². The third-order valence-corrected chi connectivity index (χ3v) is 4.64. The molecule has 0 amide bonds. The Morgan fingerprint density at radius 1 is 1.32 bits per heavy atom. The van der Waals surface area contributed by atoms with Crippen LogP contribution in [0, 0.1) is 5.92 Å². The molecule has 1 N–H and O–H groups in total. The second kappa shape index (κ2) is 7.75. The number of piperidine rings is 1. The second-order valence-electron chi connectivity index (χ2n) is 5.22. The third-order valence-electron chi connectivity index (χ3n) is 3.72. The van der Waals surface area contributed by atoms with E-state index in [0.717, 1.165) is 23.9 Å². The van der Waals surface area contributed by atoms with Gasteiger partial charge in [0.05, 0.1) is 0 Å². The van der Waals surface area contributed by atoms with Gasteiger partial charge in [-0.2, -0.15) is 0 Å². The molecule has 1 aliphatic heterocycles. The van der Waals surface area contributed by atoms with Crippen molar-refractivity contribution in [3.05, 3.63) is 23.9 Å². The van der Waals surface area contributed by atoms with Crippen molar-refractivity contribution in [3.63, 3.8) is 0 Å². The molecule has 0 radical (unpaired) electrons. The number of pyridine rings is 1. The minimum atomic E-state index is 0.948. The minimum Gasteiger partial charge on any atom is -0.301 e. The molecule has 19 heavy (non-hydrogen) atoms. The van der Waals surface area contributed by atoms with Crippen LogP contribution < -0.4 is 4.72 Å². The highest BCUT2D eigenvalue weighted by Gasteiger charge is 2.18. The highest BCUT2D eigenvalue weighted by molar-refractivity contribution is 7.98. The molecule has 1 aromatic heterocycles. The van der Waals surface area contributed by atoms with Crippen LogP contribution in [0.3, 0.4) is 0 Å². The van der Waals surface area contributed by atoms with E-state index < -0.39 is 0 Å². The maximum Gasteiger partial charge on any atom is 0.137 e. The van der Waals surface area contributed by atoms with Crippen LogP contribution in [0.15, 0.2) is 18.2 Å². The molecule has 0 saturated carbocycles. The van der Waals surface area contributed by atoms with Gasteiger partial charge in [0.25, 0.3) is 0 Å². The van der Waals surface area contributed by atoms with E-state index in [9.17, 15) is 0 Å². The van der Waals surface area contributed by atoms with E-state index in [1.807, 2.05) is 6.07 Å². The lowest BCUT2D eigenvalue weighted by molar-refractivity contribution is 0.278. The van der Waals surface area contributed by atoms with Gasteiger partial charge in [-0.05, 0) is 37.3 Å². The highest BCUT2D eigenvalue weighted by Crippen LogP contribution is 2.26. The van der Waals surface area contributed by atoms with Crippen molar-refractivity contribution in [1.29, 1.82) is 0 Å². The zero-order chi connectivity index (χ0) is 13.5. The molecule has 3 nitrogen and oxygen atoms in total. The van der Waals surface area contributed by atoms with E-state index in [-0.39, 0.29) is 0 Å². The molecule has 0 bridgehead atoms. The number of nitrogens with one attached hydrogen (secondary N) is 1. The SMILES string of the molecule is CCCC1CCN(SNc2cccc(CC)n2)CC1. The smallest absolute Gasteiger partial charge is 0.137 e. The molecule has 0 aliphatic carbocycles. The third kappa shape index (κ3) is 4.69. The quantitative estimate of drug-likeness (QED) is 0.792. The van der Waals surface area contributed by atoms with Gasteiger partial charge in [-0.1, -0.05) is 32.8 Å². The lowest BCUT2D eigenvalue weighted by atomic mass is 9.94. The molecule has 4 heteroatoms. The Kier molecular flexibility index (Phi) is 5.98. The molecule has 1 fully saturated rings. The Hall–Kier alpha value is -0.740. The van der Waals surface area contributed by atoms with E-state index in [4.69, 9.17) is 0 Å². The Balaban J connectivity index is 1.74. The van der Waals surface area contributed by atoms with Crippen LogP contribution in [0.25, 0.3) is 0 Å². The maximum atomic E-state index is 4.56. The molecule has 0 aromatic carbocycles. The van der Waals surface area contributed by atoms with Gasteiger partial charge < -0.3 is 4.72 Å². The number of aryl methyl sites for hydroxylation is 1. The predicted molar refractivity (Wildman–Crippen MR) is 84.0 cm³/mol. The summed E-state index contributed by atoms with van der Waals surface area (Å²) >= 11 is 1.71. The summed E-state index contributed by atoms with van der Waals surface area (Å²) in [6.45, 7) is 6.80. The first kappa shape index (κ1) is 14.7. The minimum absolute atomic E-state index is 0.948. The van der Waals surface area contributed by atoms with Gasteiger partial charge in [0, 0.05) is 30.9 Å². The zero-order valence-electron chi connectivity index (χ0n) is 12.1. The summed E-state index contributed by atoms with van der Waals surface area (Å²) in [7, 11) is 0. The Bertz CT molecular complexity index is 375. The summed E-state index contributed by atoms with van der Waals surface area (Å²) in [5.41, 5.74) is 1.15. The van der Waals surface area contributed by atoms with Gasteiger partial charge in [-0.25, -0.2) is 9.29 Å². The molecule has 2 rings (SSSR count). The van der Waals surface area contributed by atoms with Gasteiger partial charge in [-0.15, -0.1) is 0 Å². The first-order chi connectivity index (χ1) is 9.31. The molecular formula is C15H25N3S. The fourth-order valence-electron chi connectivity index (χ4n) is 2.54. The van der Waals surface area contributed by atoms with Gasteiger partial charge in [0.1, 0.15) is 5.82 Å². The number of hydrogen-bond donors (Lipinski definition) is 1. The van der Waals surface area contributed by atoms with Crippen molar-refractivity contribution in [3.8, 4) is 0 Å². The van der Waals surface area contributed by atoms with Crippen molar-refractivity contribution in [1.82, 2.24) is 9.29 Å². The van der Waals surface area contributed by atoms with Crippen LogP contribution in [0.5, 0.6) is 0 Å². The maximum absolute atomic E-state index is 4.56. The first-order valence-corrected chi connectivity index (χ1v) is 8.23. The molecule has 0 atom stereocenters. The topological polar surface area (TPSA) is 28.2 Å². The summed E-state index contributed by atoms with van der Waals surface area (Å²) < 4.78 is 5.79. The Labute approximate surface area is 121 Å². The Morgan fingerprint density at radius 3 is 2.79 bits per heavy atom. The largest absolute Gasteiger partial charge is 0.301 e. The second-order valence-corrected chi connectivity index (χ2v) is 6.13. The van der Waals surface area contributed by atoms with Gasteiger partial charge >= 0.3 is 0 Å². The predicted octanol–water partition coefficient (Wildman–Crippen LogP) is 4.13. The summed E-state index contributed by atoms with van der Waals surface area (Å²) in [5.74, 6) is 1.92. The van der Waals surface area contributed by atoms with E-state index >= 15 is 0 Å². The van der Waals surface area contributed by atoms with Crippen molar-refractivity contribution >= 4 is 18.0 Å². The molecule has 0 unspecified atom stereocenters. The first-order valence-electron chi connectivity index (χ1n) is 7.45. The van der Waals surface area contributed by atoms with E-state index in [2.05, 4.69) is 40.0 Å². The lowest BCUT2D eigenvalue weighted by Crippen LogP contribution is -2.29. The van der Waals surface area contributed by atoms with Crippen LogP contribution in [-0.4, -0.2) is 22.4 Å². The monoisotopic (exact) mass is 279 g/mol. The van der Waals surface area contributed by atoms with E-state index in [1.165, 1.54) is 38.8 Å². The number of hydrogen-bond acceptors (Lipinski definition) is 4. The molecule has 106 valence electrons. The summed E-state index contributed by atoms with van der Waals surface area (Å²) in [5, 5.41) is 0. The molecule has 0 spiro atoms. The normalized spacial score (nSPS) is 17.6. The van der Waals surface area contributed by atoms with Crippen LogP contribution in [0.2, 0.25) is 0 Å². The molecule has 1 saturated heterocycles. The number of anilines is 1. The van der Waals surface area contributed by atoms with Gasteiger partial charge in [-0.3, -0.25) is 0 Å². The van der Waals surface area contributed by atoms with Crippen LogP contribution in [-0.2, 0) is 6.42 Å². The molecule has 1 aromatic rings. The summed E-state index contributed by atoms with van der Waals surface area (Å²) in [6, 6.07) is 6.18. The number of rotatable bonds is 6. The van der Waals surface area contributed by atoms with Gasteiger partial charge in [0.15, 0.2) is 0 Å². The van der Waals surface area contributed by atoms with Crippen LogP contribution >= 0.6 is 12.1 Å². The van der Waals surface area contributed by atoms with Crippen molar-refractivity contribution < 1.29 is 0 Å². The fourth-order valence-corrected chi connectivity index (χ4v) is 3.27. The average Bonchev–Trinajstić information content (AvgIpc) is 2.47. The number of nitrogens with zero attached hydrogens (tertiary/aromatic N) is 2. The zero-order valence-corrected chi connectivity index (χ0v) is 12.9. The molecule has 2 heterocycles. The van der Waals surface area contributed by atoms with E-state index in [0.29, 0.717) is 0 Å². The van der Waals surface area contributed by atoms with Crippen molar-refractivity contribution in [2.24, 2.45) is 5.92 Å².